The van der Waals surface area contributed by atoms with Crippen molar-refractivity contribution < 1.29 is 4.74 Å². The molecule has 17 heavy (non-hydrogen) atoms. The minimum Gasteiger partial charge on any atom is -0.397 e. The second-order valence-electron chi connectivity index (χ2n) is 4.41. The molecule has 1 aliphatic heterocycles. The third-order valence-corrected chi connectivity index (χ3v) is 3.53. The first-order valence-corrected chi connectivity index (χ1v) is 6.57. The van der Waals surface area contributed by atoms with Gasteiger partial charge >= 0.3 is 0 Å². The lowest BCUT2D eigenvalue weighted by atomic mass is 10.2. The molecule has 3 N–H and O–H groups in total. The summed E-state index contributed by atoms with van der Waals surface area (Å²) in [5, 5.41) is 0. The summed E-state index contributed by atoms with van der Waals surface area (Å²) in [6.45, 7) is 0.874. The van der Waals surface area contributed by atoms with Gasteiger partial charge in [0.2, 0.25) is 0 Å². The molecule has 1 saturated heterocycles. The maximum Gasteiger partial charge on any atom is 0.112 e. The number of nitrogens with zero attached hydrogens (tertiary/aromatic N) is 1. The second-order valence-corrected chi connectivity index (χ2v) is 5.33. The van der Waals surface area contributed by atoms with Gasteiger partial charge in [-0.05, 0) is 25.0 Å². The molecule has 1 fully saturated rings. The molecule has 4 nitrogen and oxygen atoms in total. The fraction of sp³-hybridized carbons (Fsp3) is 0.417. The molecule has 0 bridgehead atoms. The van der Waals surface area contributed by atoms with Crippen molar-refractivity contribution in [3.63, 3.8) is 0 Å². The van der Waals surface area contributed by atoms with E-state index in [-0.39, 0.29) is 0 Å². The summed E-state index contributed by atoms with van der Waals surface area (Å²) in [7, 11) is 0. The van der Waals surface area contributed by atoms with Crippen LogP contribution in [0.4, 0.5) is 5.69 Å². The minimum atomic E-state index is 0.306. The number of nitrogens with one attached hydrogen (secondary N) is 1. The molecular weight excluding hydrogens is 282 g/mol. The Hall–Kier alpha value is -1.07. The van der Waals surface area contributed by atoms with Crippen LogP contribution in [0.25, 0.3) is 11.0 Å². The lowest BCUT2D eigenvalue weighted by Gasteiger charge is -2.05. The molecule has 2 heterocycles. The third kappa shape index (κ3) is 2.17. The molecule has 0 radical (unpaired) electrons. The summed E-state index contributed by atoms with van der Waals surface area (Å²) in [5.41, 5.74) is 8.46. The Labute approximate surface area is 108 Å². The van der Waals surface area contributed by atoms with Crippen molar-refractivity contribution in [2.45, 2.75) is 25.4 Å². The summed E-state index contributed by atoms with van der Waals surface area (Å²) >= 11 is 3.43. The maximum absolute atomic E-state index is 5.93. The van der Waals surface area contributed by atoms with Gasteiger partial charge in [-0.15, -0.1) is 0 Å². The number of aromatic amines is 1. The SMILES string of the molecule is Nc1cc(Br)cc2[nH]c(CC3CCCO3)nc12. The Kier molecular flexibility index (Phi) is 2.80. The Morgan fingerprint density at radius 2 is 2.41 bits per heavy atom. The molecule has 1 unspecified atom stereocenters. The van der Waals surface area contributed by atoms with Crippen LogP contribution in [0, 0.1) is 0 Å². The zero-order valence-electron chi connectivity index (χ0n) is 9.37. The first-order chi connectivity index (χ1) is 8.22. The number of halogens is 1. The van der Waals surface area contributed by atoms with Crippen molar-refractivity contribution in [2.24, 2.45) is 0 Å². The van der Waals surface area contributed by atoms with Gasteiger partial charge in [0.15, 0.2) is 0 Å². The molecule has 0 aliphatic carbocycles. The lowest BCUT2D eigenvalue weighted by Crippen LogP contribution is -2.09. The number of anilines is 1. The summed E-state index contributed by atoms with van der Waals surface area (Å²) < 4.78 is 6.57. The van der Waals surface area contributed by atoms with E-state index in [0.29, 0.717) is 11.8 Å². The van der Waals surface area contributed by atoms with Crippen LogP contribution in [-0.4, -0.2) is 22.7 Å². The number of benzene rings is 1. The van der Waals surface area contributed by atoms with Gasteiger partial charge in [0.05, 0.1) is 17.3 Å². The largest absolute Gasteiger partial charge is 0.397 e. The van der Waals surface area contributed by atoms with Gasteiger partial charge in [0.1, 0.15) is 11.3 Å². The van der Waals surface area contributed by atoms with Gasteiger partial charge in [0, 0.05) is 17.5 Å². The normalized spacial score (nSPS) is 20.2. The van der Waals surface area contributed by atoms with E-state index < -0.39 is 0 Å². The van der Waals surface area contributed by atoms with Gasteiger partial charge in [-0.25, -0.2) is 4.98 Å². The molecule has 1 atom stereocenters. The highest BCUT2D eigenvalue weighted by molar-refractivity contribution is 9.10. The van der Waals surface area contributed by atoms with E-state index in [0.717, 1.165) is 47.2 Å². The maximum atomic E-state index is 5.93. The molecule has 1 aliphatic rings. The molecule has 90 valence electrons. The van der Waals surface area contributed by atoms with Crippen molar-refractivity contribution >= 4 is 32.7 Å². The highest BCUT2D eigenvalue weighted by Gasteiger charge is 2.18. The smallest absolute Gasteiger partial charge is 0.112 e. The first kappa shape index (κ1) is 11.0. The average molecular weight is 296 g/mol. The molecule has 3 rings (SSSR count). The number of nitrogen functional groups attached to an aromatic ring is 1. The van der Waals surface area contributed by atoms with E-state index in [1.165, 1.54) is 0 Å². The first-order valence-electron chi connectivity index (χ1n) is 5.77. The number of aromatic nitrogens is 2. The van der Waals surface area contributed by atoms with Crippen LogP contribution in [0.3, 0.4) is 0 Å². The van der Waals surface area contributed by atoms with Crippen LogP contribution in [0.1, 0.15) is 18.7 Å². The van der Waals surface area contributed by atoms with Gasteiger partial charge in [-0.3, -0.25) is 0 Å². The number of fused-ring (bicyclic) bond motifs is 1. The van der Waals surface area contributed by atoms with Crippen LogP contribution in [0.2, 0.25) is 0 Å². The van der Waals surface area contributed by atoms with Crippen LogP contribution in [-0.2, 0) is 11.2 Å². The molecule has 0 saturated carbocycles. The van der Waals surface area contributed by atoms with Crippen LogP contribution in [0.15, 0.2) is 16.6 Å². The number of hydrogen-bond donors (Lipinski definition) is 2. The zero-order valence-corrected chi connectivity index (χ0v) is 11.0. The Balaban J connectivity index is 1.93. The van der Waals surface area contributed by atoms with Crippen molar-refractivity contribution in [3.8, 4) is 0 Å². The van der Waals surface area contributed by atoms with E-state index in [1.807, 2.05) is 12.1 Å². The van der Waals surface area contributed by atoms with Gasteiger partial charge in [0.25, 0.3) is 0 Å². The van der Waals surface area contributed by atoms with Crippen molar-refractivity contribution in [1.29, 1.82) is 0 Å². The predicted octanol–water partition coefficient (Wildman–Crippen LogP) is 2.63. The third-order valence-electron chi connectivity index (χ3n) is 3.07. The van der Waals surface area contributed by atoms with Crippen LogP contribution in [0.5, 0.6) is 0 Å². The number of imidazole rings is 1. The molecule has 5 heteroatoms. The molecule has 1 aromatic heterocycles. The monoisotopic (exact) mass is 295 g/mol. The average Bonchev–Trinajstić information content (AvgIpc) is 2.87. The van der Waals surface area contributed by atoms with E-state index >= 15 is 0 Å². The van der Waals surface area contributed by atoms with Crippen LogP contribution < -0.4 is 5.73 Å². The Morgan fingerprint density at radius 3 is 3.18 bits per heavy atom. The predicted molar refractivity (Wildman–Crippen MR) is 70.9 cm³/mol. The van der Waals surface area contributed by atoms with Gasteiger partial charge in [-0.2, -0.15) is 0 Å². The fourth-order valence-electron chi connectivity index (χ4n) is 2.28. The number of ether oxygens (including phenoxy) is 1. The standard InChI is InChI=1S/C12H14BrN3O/c13-7-4-9(14)12-10(5-7)15-11(16-12)6-8-2-1-3-17-8/h4-5,8H,1-3,6,14H2,(H,15,16). The molecule has 0 amide bonds. The summed E-state index contributed by atoms with van der Waals surface area (Å²) in [4.78, 5) is 7.84. The second kappa shape index (κ2) is 4.31. The summed E-state index contributed by atoms with van der Waals surface area (Å²) in [5.74, 6) is 0.955. The highest BCUT2D eigenvalue weighted by Crippen LogP contribution is 2.25. The quantitative estimate of drug-likeness (QED) is 0.837. The Morgan fingerprint density at radius 1 is 1.53 bits per heavy atom. The number of hydrogen-bond acceptors (Lipinski definition) is 3. The lowest BCUT2D eigenvalue weighted by molar-refractivity contribution is 0.110. The van der Waals surface area contributed by atoms with Crippen molar-refractivity contribution in [1.82, 2.24) is 9.97 Å². The van der Waals surface area contributed by atoms with Crippen molar-refractivity contribution in [2.75, 3.05) is 12.3 Å². The molecule has 1 aromatic carbocycles. The Bertz CT molecular complexity index is 546. The van der Waals surface area contributed by atoms with Crippen LogP contribution >= 0.6 is 15.9 Å². The summed E-state index contributed by atoms with van der Waals surface area (Å²) in [6, 6.07) is 3.87. The number of rotatable bonds is 2. The molecule has 0 spiro atoms. The van der Waals surface area contributed by atoms with E-state index in [9.17, 15) is 0 Å². The van der Waals surface area contributed by atoms with Gasteiger partial charge in [-0.1, -0.05) is 15.9 Å². The van der Waals surface area contributed by atoms with E-state index in [1.54, 1.807) is 0 Å². The zero-order chi connectivity index (χ0) is 11.8. The minimum absolute atomic E-state index is 0.306. The highest BCUT2D eigenvalue weighted by atomic mass is 79.9. The fourth-order valence-corrected chi connectivity index (χ4v) is 2.75. The molecular formula is C12H14BrN3O. The van der Waals surface area contributed by atoms with E-state index in [2.05, 4.69) is 25.9 Å². The number of nitrogens with two attached hydrogens (primary N) is 1. The van der Waals surface area contributed by atoms with Gasteiger partial charge < -0.3 is 15.5 Å². The number of H-pyrrole nitrogens is 1. The summed E-state index contributed by atoms with van der Waals surface area (Å²) in [6.07, 6.45) is 3.42. The van der Waals surface area contributed by atoms with E-state index in [4.69, 9.17) is 10.5 Å². The topological polar surface area (TPSA) is 63.9 Å². The molecule has 2 aromatic rings. The van der Waals surface area contributed by atoms with Crippen molar-refractivity contribution in [3.05, 3.63) is 22.4 Å².